The number of ether oxygens (including phenoxy) is 1. The predicted molar refractivity (Wildman–Crippen MR) is 111 cm³/mol. The van der Waals surface area contributed by atoms with E-state index in [1.165, 1.54) is 39.5 Å². The van der Waals surface area contributed by atoms with Gasteiger partial charge in [0.25, 0.3) is 0 Å². The maximum absolute atomic E-state index is 13.4. The molecule has 7 nitrogen and oxygen atoms in total. The van der Waals surface area contributed by atoms with Crippen LogP contribution in [0, 0.1) is 5.82 Å². The number of sulfonamides is 1. The Morgan fingerprint density at radius 3 is 2.36 bits per heavy atom. The standard InChI is InChI=1S/C21H23F4N3O4S/c1-26(14-16-5-2-3-8-19(16)32-21(23,24)25)15-20(29)27-9-11-28(12-10-27)33(30,31)18-7-4-6-17(22)13-18/h2-8,13H,9-12,14-15H2,1H3. The summed E-state index contributed by atoms with van der Waals surface area (Å²) >= 11 is 0. The first-order valence-corrected chi connectivity index (χ1v) is 11.5. The molecule has 0 saturated carbocycles. The van der Waals surface area contributed by atoms with Gasteiger partial charge in [0.15, 0.2) is 0 Å². The smallest absolute Gasteiger partial charge is 0.405 e. The van der Waals surface area contributed by atoms with Gasteiger partial charge in [0.2, 0.25) is 15.9 Å². The molecule has 0 aromatic heterocycles. The Morgan fingerprint density at radius 1 is 1.06 bits per heavy atom. The molecule has 12 heteroatoms. The molecular formula is C21H23F4N3O4S. The van der Waals surface area contributed by atoms with E-state index in [-0.39, 0.29) is 61.4 Å². The molecule has 180 valence electrons. The van der Waals surface area contributed by atoms with Gasteiger partial charge in [-0.05, 0) is 31.3 Å². The Labute approximate surface area is 189 Å². The van der Waals surface area contributed by atoms with E-state index in [0.717, 1.165) is 12.1 Å². The van der Waals surface area contributed by atoms with E-state index in [2.05, 4.69) is 4.74 Å². The fourth-order valence-electron chi connectivity index (χ4n) is 3.49. The Morgan fingerprint density at radius 2 is 1.73 bits per heavy atom. The molecule has 1 aliphatic rings. The molecule has 0 unspecified atom stereocenters. The van der Waals surface area contributed by atoms with Crippen LogP contribution in [0.3, 0.4) is 0 Å². The molecule has 0 radical (unpaired) electrons. The van der Waals surface area contributed by atoms with Gasteiger partial charge in [0.05, 0.1) is 11.4 Å². The molecule has 1 saturated heterocycles. The molecule has 0 spiro atoms. The minimum absolute atomic E-state index is 0.0475. The number of benzene rings is 2. The molecule has 1 heterocycles. The molecule has 1 fully saturated rings. The highest BCUT2D eigenvalue weighted by molar-refractivity contribution is 7.89. The van der Waals surface area contributed by atoms with Gasteiger partial charge in [-0.2, -0.15) is 4.31 Å². The van der Waals surface area contributed by atoms with Crippen LogP contribution in [0.25, 0.3) is 0 Å². The third kappa shape index (κ3) is 6.65. The summed E-state index contributed by atoms with van der Waals surface area (Å²) in [7, 11) is -2.29. The molecule has 3 rings (SSSR count). The van der Waals surface area contributed by atoms with Crippen LogP contribution in [-0.2, 0) is 21.4 Å². The number of nitrogens with zero attached hydrogens (tertiary/aromatic N) is 3. The van der Waals surface area contributed by atoms with E-state index in [9.17, 15) is 30.8 Å². The Bertz CT molecular complexity index is 1090. The molecule has 0 N–H and O–H groups in total. The first-order chi connectivity index (χ1) is 15.5. The second-order valence-corrected chi connectivity index (χ2v) is 9.51. The highest BCUT2D eigenvalue weighted by atomic mass is 32.2. The number of hydrogen-bond acceptors (Lipinski definition) is 5. The Balaban J connectivity index is 1.55. The Kier molecular flexibility index (Phi) is 7.60. The second-order valence-electron chi connectivity index (χ2n) is 7.57. The SMILES string of the molecule is CN(CC(=O)N1CCN(S(=O)(=O)c2cccc(F)c2)CC1)Cc1ccccc1OC(F)(F)F. The van der Waals surface area contributed by atoms with Crippen LogP contribution in [0.4, 0.5) is 17.6 Å². The van der Waals surface area contributed by atoms with Crippen LogP contribution in [0.5, 0.6) is 5.75 Å². The third-order valence-corrected chi connectivity index (χ3v) is 6.96. The lowest BCUT2D eigenvalue weighted by atomic mass is 10.2. The maximum atomic E-state index is 13.4. The summed E-state index contributed by atoms with van der Waals surface area (Å²) in [4.78, 5) is 15.5. The largest absolute Gasteiger partial charge is 0.573 e. The van der Waals surface area contributed by atoms with E-state index < -0.39 is 22.2 Å². The minimum atomic E-state index is -4.82. The molecule has 2 aromatic rings. The van der Waals surface area contributed by atoms with Gasteiger partial charge in [0, 0.05) is 38.3 Å². The van der Waals surface area contributed by atoms with Crippen LogP contribution in [0.2, 0.25) is 0 Å². The number of amides is 1. The molecular weight excluding hydrogens is 466 g/mol. The lowest BCUT2D eigenvalue weighted by Gasteiger charge is -2.34. The number of halogens is 4. The summed E-state index contributed by atoms with van der Waals surface area (Å²) < 4.78 is 81.8. The second kappa shape index (κ2) is 10.1. The number of hydrogen-bond donors (Lipinski definition) is 0. The summed E-state index contributed by atoms with van der Waals surface area (Å²) in [5.74, 6) is -1.27. The third-order valence-electron chi connectivity index (χ3n) is 5.07. The summed E-state index contributed by atoms with van der Waals surface area (Å²) in [6, 6.07) is 10.4. The maximum Gasteiger partial charge on any atom is 0.573 e. The first kappa shape index (κ1) is 24.9. The van der Waals surface area contributed by atoms with Crippen LogP contribution in [-0.4, -0.2) is 74.6 Å². The fourth-order valence-corrected chi connectivity index (χ4v) is 4.94. The van der Waals surface area contributed by atoms with Crippen molar-refractivity contribution in [3.63, 3.8) is 0 Å². The average molecular weight is 489 g/mol. The summed E-state index contributed by atoms with van der Waals surface area (Å²) in [5, 5.41) is 0. The molecule has 2 aromatic carbocycles. The predicted octanol–water partition coefficient (Wildman–Crippen LogP) is 2.69. The zero-order chi connectivity index (χ0) is 24.2. The van der Waals surface area contributed by atoms with E-state index in [1.807, 2.05) is 0 Å². The molecule has 0 bridgehead atoms. The molecule has 33 heavy (non-hydrogen) atoms. The lowest BCUT2D eigenvalue weighted by Crippen LogP contribution is -2.52. The zero-order valence-corrected chi connectivity index (χ0v) is 18.6. The van der Waals surface area contributed by atoms with Gasteiger partial charge in [-0.15, -0.1) is 13.2 Å². The number of rotatable bonds is 7. The normalized spacial score (nSPS) is 15.6. The first-order valence-electron chi connectivity index (χ1n) is 10.0. The van der Waals surface area contributed by atoms with Crippen molar-refractivity contribution in [2.24, 2.45) is 0 Å². The van der Waals surface area contributed by atoms with E-state index >= 15 is 0 Å². The van der Waals surface area contributed by atoms with Gasteiger partial charge in [-0.25, -0.2) is 12.8 Å². The summed E-state index contributed by atoms with van der Waals surface area (Å²) in [6.45, 7) is 0.375. The minimum Gasteiger partial charge on any atom is -0.405 e. The van der Waals surface area contributed by atoms with Crippen LogP contribution in [0.1, 0.15) is 5.56 Å². The quantitative estimate of drug-likeness (QED) is 0.560. The molecule has 1 aliphatic heterocycles. The van der Waals surface area contributed by atoms with Gasteiger partial charge in [-0.3, -0.25) is 9.69 Å². The Hall–Kier alpha value is -2.70. The van der Waals surface area contributed by atoms with E-state index in [0.29, 0.717) is 0 Å². The number of carbonyl (C=O) groups is 1. The van der Waals surface area contributed by atoms with Crippen LogP contribution >= 0.6 is 0 Å². The van der Waals surface area contributed by atoms with E-state index in [4.69, 9.17) is 0 Å². The number of likely N-dealkylation sites (N-methyl/N-ethyl adjacent to an activating group) is 1. The van der Waals surface area contributed by atoms with E-state index in [1.54, 1.807) is 18.0 Å². The number of piperazine rings is 1. The lowest BCUT2D eigenvalue weighted by molar-refractivity contribution is -0.275. The van der Waals surface area contributed by atoms with Gasteiger partial charge in [-0.1, -0.05) is 24.3 Å². The van der Waals surface area contributed by atoms with Crippen LogP contribution < -0.4 is 4.74 Å². The average Bonchev–Trinajstić information content (AvgIpc) is 2.74. The number of para-hydroxylation sites is 1. The van der Waals surface area contributed by atoms with Crippen molar-refractivity contribution in [2.75, 3.05) is 39.8 Å². The summed E-state index contributed by atoms with van der Waals surface area (Å²) in [5.41, 5.74) is 0.274. The van der Waals surface area contributed by atoms with Crippen molar-refractivity contribution in [3.8, 4) is 5.75 Å². The van der Waals surface area contributed by atoms with Crippen molar-refractivity contribution < 1.29 is 35.5 Å². The van der Waals surface area contributed by atoms with Crippen molar-refractivity contribution in [3.05, 3.63) is 59.9 Å². The van der Waals surface area contributed by atoms with Crippen molar-refractivity contribution in [1.82, 2.24) is 14.1 Å². The van der Waals surface area contributed by atoms with Crippen molar-refractivity contribution in [1.29, 1.82) is 0 Å². The highest BCUT2D eigenvalue weighted by Crippen LogP contribution is 2.27. The van der Waals surface area contributed by atoms with Crippen molar-refractivity contribution >= 4 is 15.9 Å². The van der Waals surface area contributed by atoms with Gasteiger partial charge >= 0.3 is 6.36 Å². The van der Waals surface area contributed by atoms with Gasteiger partial charge < -0.3 is 9.64 Å². The molecule has 0 atom stereocenters. The molecule has 0 aliphatic carbocycles. The zero-order valence-electron chi connectivity index (χ0n) is 17.8. The summed E-state index contributed by atoms with van der Waals surface area (Å²) in [6.07, 6.45) is -4.82. The number of carbonyl (C=O) groups excluding carboxylic acids is 1. The van der Waals surface area contributed by atoms with Crippen LogP contribution in [0.15, 0.2) is 53.4 Å². The van der Waals surface area contributed by atoms with Crippen molar-refractivity contribution in [2.45, 2.75) is 17.8 Å². The highest BCUT2D eigenvalue weighted by Gasteiger charge is 2.33. The monoisotopic (exact) mass is 489 g/mol. The topological polar surface area (TPSA) is 70.2 Å². The fraction of sp³-hybridized carbons (Fsp3) is 0.381. The molecule has 1 amide bonds. The van der Waals surface area contributed by atoms with Gasteiger partial charge in [0.1, 0.15) is 11.6 Å². The number of alkyl halides is 3.